The highest BCUT2D eigenvalue weighted by atomic mass is 32.2. The first kappa shape index (κ1) is 26.2. The molecule has 4 rings (SSSR count). The Morgan fingerprint density at radius 3 is 2.32 bits per heavy atom. The molecule has 0 unspecified atom stereocenters. The van der Waals surface area contributed by atoms with Crippen molar-refractivity contribution in [2.75, 3.05) is 14.2 Å². The topological polar surface area (TPSA) is 111 Å². The zero-order valence-corrected chi connectivity index (χ0v) is 22.0. The highest BCUT2D eigenvalue weighted by molar-refractivity contribution is 8.26. The van der Waals surface area contributed by atoms with Crippen molar-refractivity contribution in [3.8, 4) is 17.2 Å². The van der Waals surface area contributed by atoms with Gasteiger partial charge in [0, 0.05) is 5.56 Å². The van der Waals surface area contributed by atoms with Gasteiger partial charge < -0.3 is 13.7 Å². The molecule has 1 saturated heterocycles. The summed E-state index contributed by atoms with van der Waals surface area (Å²) in [5.74, 6) is -0.292. The van der Waals surface area contributed by atoms with E-state index in [9.17, 15) is 18.0 Å². The third kappa shape index (κ3) is 5.93. The van der Waals surface area contributed by atoms with E-state index in [1.165, 1.54) is 38.5 Å². The van der Waals surface area contributed by atoms with Crippen LogP contribution in [0.15, 0.2) is 82.6 Å². The van der Waals surface area contributed by atoms with Crippen LogP contribution in [-0.4, -0.2) is 43.8 Å². The fourth-order valence-corrected chi connectivity index (χ4v) is 5.36. The summed E-state index contributed by atoms with van der Waals surface area (Å²) in [6, 6.07) is 18.6. The van der Waals surface area contributed by atoms with E-state index in [1.54, 1.807) is 54.6 Å². The number of ether oxygens (including phenoxy) is 2. The van der Waals surface area contributed by atoms with Crippen LogP contribution in [0, 0.1) is 0 Å². The number of benzene rings is 3. The Labute approximate surface area is 223 Å². The normalized spacial score (nSPS) is 14.5. The van der Waals surface area contributed by atoms with Crippen LogP contribution in [0.3, 0.4) is 0 Å². The van der Waals surface area contributed by atoms with Crippen molar-refractivity contribution >= 4 is 56.3 Å². The smallest absolute Gasteiger partial charge is 0.339 e. The average molecular weight is 557 g/mol. The second-order valence-corrected chi connectivity index (χ2v) is 10.7. The summed E-state index contributed by atoms with van der Waals surface area (Å²) >= 11 is 6.29. The van der Waals surface area contributed by atoms with Crippen LogP contribution < -0.4 is 19.1 Å². The quantitative estimate of drug-likeness (QED) is 0.250. The van der Waals surface area contributed by atoms with Crippen LogP contribution in [0.1, 0.15) is 15.9 Å². The summed E-state index contributed by atoms with van der Waals surface area (Å²) < 4.78 is 40.9. The van der Waals surface area contributed by atoms with E-state index in [2.05, 4.69) is 5.43 Å². The molecule has 37 heavy (non-hydrogen) atoms. The molecule has 0 atom stereocenters. The predicted molar refractivity (Wildman–Crippen MR) is 143 cm³/mol. The molecule has 0 aliphatic carbocycles. The van der Waals surface area contributed by atoms with E-state index < -0.39 is 21.9 Å². The summed E-state index contributed by atoms with van der Waals surface area (Å²) in [6.45, 7) is 0. The molecule has 2 amide bonds. The number of nitrogens with one attached hydrogen (secondary N) is 1. The molecule has 9 nitrogen and oxygen atoms in total. The number of thiocarbonyl (C=S) groups is 1. The minimum atomic E-state index is -4.07. The third-order valence-electron chi connectivity index (χ3n) is 5.08. The van der Waals surface area contributed by atoms with E-state index in [1.807, 2.05) is 0 Å². The number of hydrogen-bond acceptors (Lipinski definition) is 9. The third-order valence-corrected chi connectivity index (χ3v) is 7.63. The Morgan fingerprint density at radius 1 is 0.973 bits per heavy atom. The zero-order chi connectivity index (χ0) is 26.6. The highest BCUT2D eigenvalue weighted by Crippen LogP contribution is 2.35. The fraction of sp³-hybridized carbons (Fsp3) is 0.0800. The number of carbonyl (C=O) groups is 2. The van der Waals surface area contributed by atoms with Gasteiger partial charge in [0.2, 0.25) is 0 Å². The Hall–Kier alpha value is -3.87. The summed E-state index contributed by atoms with van der Waals surface area (Å²) in [7, 11) is -1.18. The van der Waals surface area contributed by atoms with Crippen molar-refractivity contribution in [3.63, 3.8) is 0 Å². The lowest BCUT2D eigenvalue weighted by Gasteiger charge is -2.15. The number of methoxy groups -OCH3 is 2. The van der Waals surface area contributed by atoms with Gasteiger partial charge in [-0.3, -0.25) is 15.0 Å². The molecule has 0 aromatic heterocycles. The summed E-state index contributed by atoms with van der Waals surface area (Å²) in [5, 5.41) is 1.000. The Bertz CT molecular complexity index is 1490. The number of amides is 2. The van der Waals surface area contributed by atoms with Crippen LogP contribution in [0.5, 0.6) is 17.2 Å². The monoisotopic (exact) mass is 556 g/mol. The lowest BCUT2D eigenvalue weighted by molar-refractivity contribution is -0.123. The van der Waals surface area contributed by atoms with E-state index in [0.717, 1.165) is 16.8 Å². The lowest BCUT2D eigenvalue weighted by atomic mass is 10.2. The molecule has 12 heteroatoms. The van der Waals surface area contributed by atoms with E-state index in [-0.39, 0.29) is 25.6 Å². The molecule has 1 heterocycles. The van der Waals surface area contributed by atoms with Crippen molar-refractivity contribution in [2.24, 2.45) is 0 Å². The van der Waals surface area contributed by atoms with Crippen molar-refractivity contribution in [3.05, 3.63) is 88.8 Å². The SMILES string of the molecule is COc1ccc(C(=O)NN2C(=O)/C(=C/c3ccc(OS(=O)(=O)c4ccccc4)c(OC)c3)SC2=S)cc1. The van der Waals surface area contributed by atoms with Crippen molar-refractivity contribution < 1.29 is 31.7 Å². The van der Waals surface area contributed by atoms with Crippen molar-refractivity contribution in [2.45, 2.75) is 4.90 Å². The number of thioether (sulfide) groups is 1. The van der Waals surface area contributed by atoms with Crippen molar-refractivity contribution in [1.82, 2.24) is 10.4 Å². The molecule has 0 spiro atoms. The summed E-state index contributed by atoms with van der Waals surface area (Å²) in [6.07, 6.45) is 1.55. The first-order chi connectivity index (χ1) is 17.7. The first-order valence-corrected chi connectivity index (χ1v) is 13.3. The maximum absolute atomic E-state index is 12.9. The second kappa shape index (κ2) is 11.0. The molecular weight excluding hydrogens is 536 g/mol. The van der Waals surface area contributed by atoms with Crippen LogP contribution >= 0.6 is 24.0 Å². The van der Waals surface area contributed by atoms with Gasteiger partial charge in [-0.05, 0) is 72.4 Å². The van der Waals surface area contributed by atoms with E-state index in [4.69, 9.17) is 25.9 Å². The van der Waals surface area contributed by atoms with Gasteiger partial charge in [0.25, 0.3) is 11.8 Å². The predicted octanol–water partition coefficient (Wildman–Crippen LogP) is 4.02. The van der Waals surface area contributed by atoms with Crippen molar-refractivity contribution in [1.29, 1.82) is 0 Å². The molecule has 3 aromatic carbocycles. The lowest BCUT2D eigenvalue weighted by Crippen LogP contribution is -2.44. The molecule has 0 bridgehead atoms. The van der Waals surface area contributed by atoms with E-state index in [0.29, 0.717) is 16.9 Å². The van der Waals surface area contributed by atoms with Gasteiger partial charge >= 0.3 is 10.1 Å². The summed E-state index contributed by atoms with van der Waals surface area (Å²) in [4.78, 5) is 25.8. The van der Waals surface area contributed by atoms with Crippen LogP contribution in [0.25, 0.3) is 6.08 Å². The van der Waals surface area contributed by atoms with Gasteiger partial charge in [-0.15, -0.1) is 0 Å². The summed E-state index contributed by atoms with van der Waals surface area (Å²) in [5.41, 5.74) is 3.37. The van der Waals surface area contributed by atoms with Gasteiger partial charge in [0.1, 0.15) is 10.6 Å². The fourth-order valence-electron chi connectivity index (χ4n) is 3.22. The number of hydrogen-bond donors (Lipinski definition) is 1. The molecular formula is C25H20N2O7S3. The molecule has 0 radical (unpaired) electrons. The Kier molecular flexibility index (Phi) is 7.81. The molecule has 1 aliphatic rings. The molecule has 3 aromatic rings. The van der Waals surface area contributed by atoms with Gasteiger partial charge in [-0.1, -0.05) is 36.0 Å². The number of carbonyl (C=O) groups excluding carboxylic acids is 2. The number of rotatable bonds is 8. The Morgan fingerprint density at radius 2 is 1.68 bits per heavy atom. The minimum Gasteiger partial charge on any atom is -0.497 e. The van der Waals surface area contributed by atoms with Crippen LogP contribution in [0.4, 0.5) is 0 Å². The molecule has 1 aliphatic heterocycles. The van der Waals surface area contributed by atoms with Crippen LogP contribution in [0.2, 0.25) is 0 Å². The largest absolute Gasteiger partial charge is 0.497 e. The first-order valence-electron chi connectivity index (χ1n) is 10.6. The second-order valence-electron chi connectivity index (χ2n) is 7.45. The maximum Gasteiger partial charge on any atom is 0.339 e. The van der Waals surface area contributed by atoms with Gasteiger partial charge in [0.05, 0.1) is 19.1 Å². The highest BCUT2D eigenvalue weighted by Gasteiger charge is 2.34. The number of nitrogens with zero attached hydrogens (tertiary/aromatic N) is 1. The molecule has 190 valence electrons. The molecule has 1 fully saturated rings. The minimum absolute atomic E-state index is 0.00138. The molecule has 1 N–H and O–H groups in total. The number of hydrazine groups is 1. The van der Waals surface area contributed by atoms with Gasteiger partial charge in [0.15, 0.2) is 15.8 Å². The van der Waals surface area contributed by atoms with Crippen LogP contribution in [-0.2, 0) is 14.9 Å². The molecule has 0 saturated carbocycles. The zero-order valence-electron chi connectivity index (χ0n) is 19.5. The average Bonchev–Trinajstić information content (AvgIpc) is 3.17. The van der Waals surface area contributed by atoms with E-state index >= 15 is 0 Å². The van der Waals surface area contributed by atoms with Gasteiger partial charge in [-0.2, -0.15) is 13.4 Å². The Balaban J connectivity index is 1.51. The standard InChI is InChI=1S/C25H20N2O7S3/c1-32-18-11-9-17(10-12-18)23(28)26-27-24(29)22(36-25(27)35)15-16-8-13-20(21(14-16)33-2)34-37(30,31)19-6-4-3-5-7-19/h3-15H,1-2H3,(H,26,28)/b22-15-. The van der Waals surface area contributed by atoms with Gasteiger partial charge in [-0.25, -0.2) is 0 Å². The maximum atomic E-state index is 12.9.